The van der Waals surface area contributed by atoms with E-state index >= 15 is 0 Å². The first-order valence-electron chi connectivity index (χ1n) is 19.8. The van der Waals surface area contributed by atoms with Crippen LogP contribution in [-0.2, 0) is 23.9 Å². The average molecular weight is 633 g/mol. The normalized spacial score (nSPS) is 19.2. The van der Waals surface area contributed by atoms with E-state index in [0.717, 1.165) is 83.0 Å². The minimum atomic E-state index is -0.0398. The molecule has 3 aliphatic rings. The van der Waals surface area contributed by atoms with E-state index in [1.807, 2.05) is 0 Å². The van der Waals surface area contributed by atoms with Gasteiger partial charge in [0.25, 0.3) is 0 Å². The van der Waals surface area contributed by atoms with E-state index in [0.29, 0.717) is 56.0 Å². The second kappa shape index (κ2) is 25.7. The van der Waals surface area contributed by atoms with Crippen LogP contribution in [0, 0.1) is 17.3 Å². The first-order chi connectivity index (χ1) is 22.0. The van der Waals surface area contributed by atoms with Crippen LogP contribution in [0.3, 0.4) is 0 Å². The van der Waals surface area contributed by atoms with Gasteiger partial charge in [-0.05, 0) is 94.3 Å². The van der Waals surface area contributed by atoms with Crippen molar-refractivity contribution >= 4 is 17.7 Å². The molecule has 3 fully saturated rings. The van der Waals surface area contributed by atoms with Crippen molar-refractivity contribution in [3.63, 3.8) is 0 Å². The standard InChI is InChI=1S/C40H72O5/c1-3-5-13-19-35(20-14-6-4-2)28-33-44-38(42)23-17-11-7-9-15-21-37(41)22-16-10-8-12-18-24-39(43)45-34-32-40-29-25-36(26-30-40)27-31-40/h35-36H,3-34H2,1-2H3. The van der Waals surface area contributed by atoms with E-state index in [1.165, 1.54) is 89.9 Å². The van der Waals surface area contributed by atoms with E-state index in [9.17, 15) is 14.4 Å². The molecule has 3 saturated carbocycles. The zero-order valence-electron chi connectivity index (χ0n) is 29.8. The Morgan fingerprint density at radius 2 is 1.00 bits per heavy atom. The summed E-state index contributed by atoms with van der Waals surface area (Å²) >= 11 is 0. The van der Waals surface area contributed by atoms with E-state index < -0.39 is 0 Å². The summed E-state index contributed by atoms with van der Waals surface area (Å²) in [5.41, 5.74) is 0.480. The van der Waals surface area contributed by atoms with Crippen LogP contribution in [0.1, 0.15) is 206 Å². The van der Waals surface area contributed by atoms with Gasteiger partial charge in [-0.3, -0.25) is 14.4 Å². The highest BCUT2D eigenvalue weighted by atomic mass is 16.5. The lowest BCUT2D eigenvalue weighted by Gasteiger charge is -2.46. The molecule has 0 radical (unpaired) electrons. The predicted octanol–water partition coefficient (Wildman–Crippen LogP) is 11.6. The number of hydrogen-bond donors (Lipinski definition) is 0. The number of rotatable bonds is 30. The zero-order valence-corrected chi connectivity index (χ0v) is 29.8. The molecule has 5 heteroatoms. The van der Waals surface area contributed by atoms with E-state index in [1.54, 1.807) is 0 Å². The number of carbonyl (C=O) groups excluding carboxylic acids is 3. The third kappa shape index (κ3) is 19.8. The molecular formula is C40H72O5. The summed E-state index contributed by atoms with van der Waals surface area (Å²) < 4.78 is 11.1. The third-order valence-corrected chi connectivity index (χ3v) is 11.0. The Kier molecular flexibility index (Phi) is 22.7. The fourth-order valence-corrected chi connectivity index (χ4v) is 7.75. The van der Waals surface area contributed by atoms with Crippen molar-refractivity contribution in [2.24, 2.45) is 17.3 Å². The van der Waals surface area contributed by atoms with Gasteiger partial charge in [-0.1, -0.05) is 104 Å². The van der Waals surface area contributed by atoms with Crippen molar-refractivity contribution in [2.75, 3.05) is 13.2 Å². The Balaban J connectivity index is 1.33. The second-order valence-electron chi connectivity index (χ2n) is 14.9. The van der Waals surface area contributed by atoms with Gasteiger partial charge in [0.1, 0.15) is 5.78 Å². The minimum Gasteiger partial charge on any atom is -0.466 e. The van der Waals surface area contributed by atoms with Crippen LogP contribution < -0.4 is 0 Å². The van der Waals surface area contributed by atoms with E-state index in [4.69, 9.17) is 9.47 Å². The van der Waals surface area contributed by atoms with Crippen LogP contribution in [0.15, 0.2) is 0 Å². The molecule has 0 unspecified atom stereocenters. The molecule has 0 amide bonds. The van der Waals surface area contributed by atoms with Gasteiger partial charge in [-0.2, -0.15) is 0 Å². The molecule has 45 heavy (non-hydrogen) atoms. The highest BCUT2D eigenvalue weighted by molar-refractivity contribution is 5.78. The topological polar surface area (TPSA) is 69.7 Å². The van der Waals surface area contributed by atoms with Gasteiger partial charge in [0.2, 0.25) is 0 Å². The maximum absolute atomic E-state index is 12.2. The number of ketones is 1. The largest absolute Gasteiger partial charge is 0.466 e. The lowest BCUT2D eigenvalue weighted by molar-refractivity contribution is -0.145. The first-order valence-corrected chi connectivity index (χ1v) is 19.8. The van der Waals surface area contributed by atoms with Gasteiger partial charge in [0.15, 0.2) is 0 Å². The predicted molar refractivity (Wildman–Crippen MR) is 186 cm³/mol. The molecule has 3 rings (SSSR count). The van der Waals surface area contributed by atoms with E-state index in [-0.39, 0.29) is 11.9 Å². The monoisotopic (exact) mass is 633 g/mol. The number of carbonyl (C=O) groups is 3. The third-order valence-electron chi connectivity index (χ3n) is 11.0. The minimum absolute atomic E-state index is 0.0271. The maximum Gasteiger partial charge on any atom is 0.305 e. The number of esters is 2. The van der Waals surface area contributed by atoms with Crippen LogP contribution in [0.4, 0.5) is 0 Å². The molecule has 0 saturated heterocycles. The molecule has 0 N–H and O–H groups in total. The zero-order chi connectivity index (χ0) is 32.4. The van der Waals surface area contributed by atoms with Gasteiger partial charge in [-0.15, -0.1) is 0 Å². The van der Waals surface area contributed by atoms with Crippen LogP contribution >= 0.6 is 0 Å². The first kappa shape index (κ1) is 39.8. The quantitative estimate of drug-likeness (QED) is 0.0582. The maximum atomic E-state index is 12.2. The fraction of sp³-hybridized carbons (Fsp3) is 0.925. The van der Waals surface area contributed by atoms with Crippen molar-refractivity contribution in [1.82, 2.24) is 0 Å². The van der Waals surface area contributed by atoms with E-state index in [2.05, 4.69) is 13.8 Å². The summed E-state index contributed by atoms with van der Waals surface area (Å²) in [4.78, 5) is 36.5. The molecular weight excluding hydrogens is 560 g/mol. The molecule has 3 aliphatic carbocycles. The van der Waals surface area contributed by atoms with Gasteiger partial charge in [0, 0.05) is 25.7 Å². The Morgan fingerprint density at radius 3 is 1.49 bits per heavy atom. The van der Waals surface area contributed by atoms with Gasteiger partial charge in [-0.25, -0.2) is 0 Å². The molecule has 0 spiro atoms. The lowest BCUT2D eigenvalue weighted by Crippen LogP contribution is -2.35. The number of unbranched alkanes of at least 4 members (excludes halogenated alkanes) is 12. The fourth-order valence-electron chi connectivity index (χ4n) is 7.75. The van der Waals surface area contributed by atoms with Crippen molar-refractivity contribution < 1.29 is 23.9 Å². The summed E-state index contributed by atoms with van der Waals surface area (Å²) in [6, 6.07) is 0. The van der Waals surface area contributed by atoms with Crippen LogP contribution in [0.5, 0.6) is 0 Å². The molecule has 0 aromatic carbocycles. The van der Waals surface area contributed by atoms with Crippen molar-refractivity contribution in [2.45, 2.75) is 206 Å². The number of hydrogen-bond acceptors (Lipinski definition) is 5. The molecule has 0 heterocycles. The molecule has 0 atom stereocenters. The number of ether oxygens (including phenoxy) is 2. The SMILES string of the molecule is CCCCCC(CCCCC)CCOC(=O)CCCCCCCC(=O)CCCCCCCC(=O)OCCC12CCC(CC1)CC2. The van der Waals surface area contributed by atoms with Crippen molar-refractivity contribution in [3.05, 3.63) is 0 Å². The second-order valence-corrected chi connectivity index (χ2v) is 14.9. The Bertz CT molecular complexity index is 745. The number of Topliss-reactive ketones (excluding diaryl/α,β-unsaturated/α-hetero) is 1. The molecule has 5 nitrogen and oxygen atoms in total. The van der Waals surface area contributed by atoms with Gasteiger partial charge < -0.3 is 9.47 Å². The lowest BCUT2D eigenvalue weighted by atomic mass is 9.59. The van der Waals surface area contributed by atoms with Crippen LogP contribution in [-0.4, -0.2) is 30.9 Å². The average Bonchev–Trinajstić information content (AvgIpc) is 3.04. The molecule has 0 aromatic heterocycles. The molecule has 0 aromatic rings. The van der Waals surface area contributed by atoms with Gasteiger partial charge in [0.05, 0.1) is 13.2 Å². The summed E-state index contributed by atoms with van der Waals surface area (Å²) in [6.07, 6.45) is 33.1. The summed E-state index contributed by atoms with van der Waals surface area (Å²) in [5.74, 6) is 2.00. The smallest absolute Gasteiger partial charge is 0.305 e. The summed E-state index contributed by atoms with van der Waals surface area (Å²) in [7, 11) is 0. The highest BCUT2D eigenvalue weighted by Crippen LogP contribution is 2.52. The molecule has 2 bridgehead atoms. The number of fused-ring (bicyclic) bond motifs is 3. The van der Waals surface area contributed by atoms with Crippen molar-refractivity contribution in [1.29, 1.82) is 0 Å². The Morgan fingerprint density at radius 1 is 0.556 bits per heavy atom. The Hall–Kier alpha value is -1.39. The van der Waals surface area contributed by atoms with Crippen LogP contribution in [0.25, 0.3) is 0 Å². The molecule has 0 aliphatic heterocycles. The van der Waals surface area contributed by atoms with Gasteiger partial charge >= 0.3 is 11.9 Å². The van der Waals surface area contributed by atoms with Crippen LogP contribution in [0.2, 0.25) is 0 Å². The van der Waals surface area contributed by atoms with Crippen molar-refractivity contribution in [3.8, 4) is 0 Å². The summed E-state index contributed by atoms with van der Waals surface area (Å²) in [5, 5.41) is 0. The summed E-state index contributed by atoms with van der Waals surface area (Å²) in [6.45, 7) is 5.70. The Labute approximate surface area is 278 Å². The highest BCUT2D eigenvalue weighted by Gasteiger charge is 2.39. The molecule has 262 valence electrons.